The van der Waals surface area contributed by atoms with Gasteiger partial charge in [-0.3, -0.25) is 9.78 Å². The molecule has 0 unspecified atom stereocenters. The molecule has 1 aliphatic heterocycles. The first-order valence-corrected chi connectivity index (χ1v) is 7.14. The zero-order valence-corrected chi connectivity index (χ0v) is 12.5. The predicted molar refractivity (Wildman–Crippen MR) is 79.0 cm³/mol. The Morgan fingerprint density at radius 3 is 3.05 bits per heavy atom. The maximum Gasteiger partial charge on any atom is 0.256 e. The Labute approximate surface area is 120 Å². The van der Waals surface area contributed by atoms with Crippen molar-refractivity contribution in [2.24, 2.45) is 0 Å². The van der Waals surface area contributed by atoms with Crippen LogP contribution in [0.3, 0.4) is 0 Å². The lowest BCUT2D eigenvalue weighted by Crippen LogP contribution is -2.50. The lowest BCUT2D eigenvalue weighted by Gasteiger charge is -2.38. The smallest absolute Gasteiger partial charge is 0.256 e. The number of aromatic nitrogens is 1. The zero-order valence-electron chi connectivity index (χ0n) is 12.5. The summed E-state index contributed by atoms with van der Waals surface area (Å²) in [5.41, 5.74) is 1.22. The van der Waals surface area contributed by atoms with Crippen LogP contribution in [0.4, 0.5) is 5.69 Å². The molecule has 1 amide bonds. The molecule has 1 N–H and O–H groups in total. The van der Waals surface area contributed by atoms with Gasteiger partial charge in [-0.2, -0.15) is 0 Å². The van der Waals surface area contributed by atoms with Crippen molar-refractivity contribution in [1.82, 2.24) is 9.88 Å². The maximum atomic E-state index is 12.7. The molecule has 1 fully saturated rings. The van der Waals surface area contributed by atoms with Gasteiger partial charge in [-0.25, -0.2) is 0 Å². The van der Waals surface area contributed by atoms with Crippen LogP contribution in [0.25, 0.3) is 0 Å². The molecule has 2 heterocycles. The van der Waals surface area contributed by atoms with E-state index in [9.17, 15) is 4.79 Å². The molecule has 1 aromatic heterocycles. The fourth-order valence-corrected chi connectivity index (χ4v) is 2.34. The molecule has 5 heteroatoms. The van der Waals surface area contributed by atoms with Crippen LogP contribution in [0.5, 0.6) is 0 Å². The molecule has 1 aliphatic rings. The largest absolute Gasteiger partial charge is 0.383 e. The summed E-state index contributed by atoms with van der Waals surface area (Å²) in [4.78, 5) is 18.6. The van der Waals surface area contributed by atoms with Crippen molar-refractivity contribution in [3.8, 4) is 0 Å². The van der Waals surface area contributed by atoms with Gasteiger partial charge < -0.3 is 15.0 Å². The molecule has 0 aromatic carbocycles. The van der Waals surface area contributed by atoms with Crippen molar-refractivity contribution in [2.45, 2.75) is 32.8 Å². The predicted octanol–water partition coefficient (Wildman–Crippen LogP) is 2.15. The minimum absolute atomic E-state index is 0.0439. The van der Waals surface area contributed by atoms with E-state index in [1.54, 1.807) is 18.5 Å². The minimum Gasteiger partial charge on any atom is -0.383 e. The van der Waals surface area contributed by atoms with Crippen molar-refractivity contribution < 1.29 is 9.53 Å². The topological polar surface area (TPSA) is 54.5 Å². The van der Waals surface area contributed by atoms with Crippen LogP contribution in [-0.4, -0.2) is 47.6 Å². The number of pyridine rings is 1. The third kappa shape index (κ3) is 3.48. The lowest BCUT2D eigenvalue weighted by atomic mass is 10.1. The van der Waals surface area contributed by atoms with Crippen LogP contribution in [-0.2, 0) is 4.74 Å². The van der Waals surface area contributed by atoms with Crippen LogP contribution >= 0.6 is 0 Å². The molecule has 0 bridgehead atoms. The summed E-state index contributed by atoms with van der Waals surface area (Å²) in [5, 5.41) is 3.26. The third-order valence-electron chi connectivity index (χ3n) is 3.33. The van der Waals surface area contributed by atoms with E-state index in [4.69, 9.17) is 4.74 Å². The zero-order chi connectivity index (χ0) is 14.6. The van der Waals surface area contributed by atoms with Crippen LogP contribution in [0.1, 0.15) is 37.6 Å². The normalized spacial score (nSPS) is 17.9. The summed E-state index contributed by atoms with van der Waals surface area (Å²) < 4.78 is 5.65. The molecule has 0 spiro atoms. The van der Waals surface area contributed by atoms with Gasteiger partial charge in [-0.15, -0.1) is 0 Å². The molecular formula is C15H23N3O2. The summed E-state index contributed by atoms with van der Waals surface area (Å²) >= 11 is 0. The van der Waals surface area contributed by atoms with Gasteiger partial charge in [0.25, 0.3) is 5.91 Å². The van der Waals surface area contributed by atoms with E-state index < -0.39 is 0 Å². The van der Waals surface area contributed by atoms with Crippen LogP contribution in [0.2, 0.25) is 0 Å². The Morgan fingerprint density at radius 1 is 1.55 bits per heavy atom. The monoisotopic (exact) mass is 277 g/mol. The number of carbonyl (C=O) groups is 1. The minimum atomic E-state index is -0.280. The molecule has 0 saturated carbocycles. The molecule has 0 atom stereocenters. The second-order valence-electron chi connectivity index (χ2n) is 5.68. The number of amides is 1. The Balaban J connectivity index is 2.16. The number of hydrogen-bond acceptors (Lipinski definition) is 4. The van der Waals surface area contributed by atoms with Gasteiger partial charge in [0.15, 0.2) is 0 Å². The van der Waals surface area contributed by atoms with Crippen molar-refractivity contribution >= 4 is 11.6 Å². The van der Waals surface area contributed by atoms with Crippen molar-refractivity contribution in [3.63, 3.8) is 0 Å². The van der Waals surface area contributed by atoms with Gasteiger partial charge in [-0.1, -0.05) is 6.92 Å². The average molecular weight is 277 g/mol. The summed E-state index contributed by atoms with van der Waals surface area (Å²) in [6, 6.07) is 1.78. The third-order valence-corrected chi connectivity index (χ3v) is 3.33. The van der Waals surface area contributed by atoms with E-state index in [1.165, 1.54) is 0 Å². The van der Waals surface area contributed by atoms with Crippen molar-refractivity contribution in [3.05, 3.63) is 24.0 Å². The molecule has 1 saturated heterocycles. The van der Waals surface area contributed by atoms with Gasteiger partial charge in [0.1, 0.15) is 0 Å². The van der Waals surface area contributed by atoms with Gasteiger partial charge >= 0.3 is 0 Å². The number of nitrogens with one attached hydrogen (secondary N) is 1. The van der Waals surface area contributed by atoms with Gasteiger partial charge in [0, 0.05) is 25.8 Å². The van der Waals surface area contributed by atoms with E-state index in [0.29, 0.717) is 25.3 Å². The van der Waals surface area contributed by atoms with Crippen LogP contribution in [0, 0.1) is 0 Å². The van der Waals surface area contributed by atoms with Crippen molar-refractivity contribution in [1.29, 1.82) is 0 Å². The first kappa shape index (κ1) is 14.8. The highest BCUT2D eigenvalue weighted by atomic mass is 16.5. The van der Waals surface area contributed by atoms with E-state index >= 15 is 0 Å². The lowest BCUT2D eigenvalue weighted by molar-refractivity contribution is -0.0763. The Hall–Kier alpha value is -1.62. The summed E-state index contributed by atoms with van der Waals surface area (Å²) in [6.07, 6.45) is 4.39. The molecule has 110 valence electrons. The van der Waals surface area contributed by atoms with Gasteiger partial charge in [-0.05, 0) is 26.3 Å². The number of carbonyl (C=O) groups excluding carboxylic acids is 1. The molecule has 2 rings (SSSR count). The fourth-order valence-electron chi connectivity index (χ4n) is 2.34. The number of morpholine rings is 1. The molecule has 1 aromatic rings. The number of rotatable bonds is 4. The standard InChI is InChI=1S/C15H23N3O2/c1-4-6-17-13-10-16-7-5-12(13)14(19)18-8-9-20-15(2,3)11-18/h5,7,10,17H,4,6,8-9,11H2,1-3H3. The van der Waals surface area contributed by atoms with Crippen molar-refractivity contribution in [2.75, 3.05) is 31.6 Å². The number of anilines is 1. The fraction of sp³-hybridized carbons (Fsp3) is 0.600. The van der Waals surface area contributed by atoms with Gasteiger partial charge in [0.2, 0.25) is 0 Å². The first-order chi connectivity index (χ1) is 9.53. The molecule has 5 nitrogen and oxygen atoms in total. The highest BCUT2D eigenvalue weighted by molar-refractivity contribution is 5.99. The Bertz CT molecular complexity index is 474. The Kier molecular flexibility index (Phi) is 4.60. The highest BCUT2D eigenvalue weighted by Gasteiger charge is 2.31. The van der Waals surface area contributed by atoms with E-state index in [1.807, 2.05) is 18.7 Å². The summed E-state index contributed by atoms with van der Waals surface area (Å²) in [6.45, 7) is 8.78. The number of hydrogen-bond donors (Lipinski definition) is 1. The SMILES string of the molecule is CCCNc1cnccc1C(=O)N1CCOC(C)(C)C1. The quantitative estimate of drug-likeness (QED) is 0.916. The summed E-state index contributed by atoms with van der Waals surface area (Å²) in [7, 11) is 0. The summed E-state index contributed by atoms with van der Waals surface area (Å²) in [5.74, 6) is 0.0439. The molecule has 0 aliphatic carbocycles. The number of ether oxygens (including phenoxy) is 1. The molecular weight excluding hydrogens is 254 g/mol. The number of nitrogens with zero attached hydrogens (tertiary/aromatic N) is 2. The van der Waals surface area contributed by atoms with Crippen LogP contribution in [0.15, 0.2) is 18.5 Å². The maximum absolute atomic E-state index is 12.7. The van der Waals surface area contributed by atoms with E-state index in [-0.39, 0.29) is 11.5 Å². The first-order valence-electron chi connectivity index (χ1n) is 7.14. The average Bonchev–Trinajstić information content (AvgIpc) is 2.43. The molecule has 0 radical (unpaired) electrons. The van der Waals surface area contributed by atoms with Gasteiger partial charge in [0.05, 0.1) is 29.7 Å². The Morgan fingerprint density at radius 2 is 2.35 bits per heavy atom. The molecule has 20 heavy (non-hydrogen) atoms. The second-order valence-corrected chi connectivity index (χ2v) is 5.68. The highest BCUT2D eigenvalue weighted by Crippen LogP contribution is 2.21. The van der Waals surface area contributed by atoms with E-state index in [0.717, 1.165) is 18.7 Å². The van der Waals surface area contributed by atoms with E-state index in [2.05, 4.69) is 17.2 Å². The van der Waals surface area contributed by atoms with Crippen LogP contribution < -0.4 is 5.32 Å². The second kappa shape index (κ2) is 6.22.